The zero-order valence-corrected chi connectivity index (χ0v) is 14.5. The van der Waals surface area contributed by atoms with E-state index in [1.165, 1.54) is 19.3 Å². The highest BCUT2D eigenvalue weighted by molar-refractivity contribution is 5.96. The normalized spacial score (nSPS) is 23.3. The number of nitrogens with one attached hydrogen (secondary N) is 1. The lowest BCUT2D eigenvalue weighted by Gasteiger charge is -2.41. The highest BCUT2D eigenvalue weighted by Gasteiger charge is 2.33. The van der Waals surface area contributed by atoms with Gasteiger partial charge in [0.2, 0.25) is 5.91 Å². The third-order valence-corrected chi connectivity index (χ3v) is 5.52. The van der Waals surface area contributed by atoms with E-state index in [0.29, 0.717) is 5.92 Å². The number of halogens is 3. The van der Waals surface area contributed by atoms with Gasteiger partial charge in [-0.1, -0.05) is 19.3 Å². The molecule has 1 saturated heterocycles. The van der Waals surface area contributed by atoms with Gasteiger partial charge in [0.1, 0.15) is 0 Å². The van der Waals surface area contributed by atoms with Crippen LogP contribution in [0.1, 0.15) is 48.0 Å². The molecule has 0 aromatic heterocycles. The molecule has 2 atom stereocenters. The predicted molar refractivity (Wildman–Crippen MR) is 90.4 cm³/mol. The molecule has 2 amide bonds. The SMILES string of the molecule is O=C(NCC(=O)N1CC[C@H]2CCCC[C@H]2C1)c1ccc(C(F)(F)F)cc1. The Morgan fingerprint density at radius 3 is 2.35 bits per heavy atom. The number of hydrogen-bond donors (Lipinski definition) is 1. The average Bonchev–Trinajstić information content (AvgIpc) is 2.64. The minimum absolute atomic E-state index is 0.108. The van der Waals surface area contributed by atoms with Gasteiger partial charge in [-0.2, -0.15) is 13.2 Å². The maximum atomic E-state index is 12.5. The van der Waals surface area contributed by atoms with Crippen LogP contribution in [0.3, 0.4) is 0 Å². The van der Waals surface area contributed by atoms with Gasteiger partial charge in [-0.25, -0.2) is 0 Å². The fourth-order valence-electron chi connectivity index (χ4n) is 4.01. The largest absolute Gasteiger partial charge is 0.416 e. The molecule has 1 saturated carbocycles. The van der Waals surface area contributed by atoms with Crippen LogP contribution < -0.4 is 5.32 Å². The minimum Gasteiger partial charge on any atom is -0.343 e. The zero-order chi connectivity index (χ0) is 18.7. The summed E-state index contributed by atoms with van der Waals surface area (Å²) in [6, 6.07) is 3.97. The lowest BCUT2D eigenvalue weighted by Crippen LogP contribution is -2.48. The first-order chi connectivity index (χ1) is 12.3. The van der Waals surface area contributed by atoms with Gasteiger partial charge in [0.25, 0.3) is 5.91 Å². The molecule has 26 heavy (non-hydrogen) atoms. The van der Waals surface area contributed by atoms with Crippen molar-refractivity contribution in [3.05, 3.63) is 35.4 Å². The summed E-state index contributed by atoms with van der Waals surface area (Å²) in [6.07, 6.45) is 1.48. The molecule has 4 nitrogen and oxygen atoms in total. The van der Waals surface area contributed by atoms with Crippen molar-refractivity contribution in [1.29, 1.82) is 0 Å². The Kier molecular flexibility index (Phi) is 5.53. The van der Waals surface area contributed by atoms with Crippen LogP contribution in [0.4, 0.5) is 13.2 Å². The molecule has 142 valence electrons. The van der Waals surface area contributed by atoms with E-state index in [9.17, 15) is 22.8 Å². The van der Waals surface area contributed by atoms with E-state index in [1.54, 1.807) is 4.90 Å². The second-order valence-electron chi connectivity index (χ2n) is 7.19. The van der Waals surface area contributed by atoms with Crippen LogP contribution in [0.5, 0.6) is 0 Å². The van der Waals surface area contributed by atoms with Crippen LogP contribution >= 0.6 is 0 Å². The highest BCUT2D eigenvalue weighted by Crippen LogP contribution is 2.36. The summed E-state index contributed by atoms with van der Waals surface area (Å²) in [5, 5.41) is 2.51. The lowest BCUT2D eigenvalue weighted by molar-refractivity contribution is -0.137. The number of benzene rings is 1. The summed E-state index contributed by atoms with van der Waals surface area (Å²) in [6.45, 7) is 1.34. The third-order valence-electron chi connectivity index (χ3n) is 5.52. The highest BCUT2D eigenvalue weighted by atomic mass is 19.4. The molecule has 1 aromatic carbocycles. The second kappa shape index (κ2) is 7.68. The molecule has 1 aliphatic carbocycles. The smallest absolute Gasteiger partial charge is 0.343 e. The topological polar surface area (TPSA) is 49.4 Å². The van der Waals surface area contributed by atoms with Gasteiger partial charge in [0, 0.05) is 18.7 Å². The molecule has 0 spiro atoms. The number of carbonyl (C=O) groups excluding carboxylic acids is 2. The van der Waals surface area contributed by atoms with E-state index < -0.39 is 17.6 Å². The monoisotopic (exact) mass is 368 g/mol. The Morgan fingerprint density at radius 1 is 1.04 bits per heavy atom. The van der Waals surface area contributed by atoms with Gasteiger partial charge in [-0.3, -0.25) is 9.59 Å². The Bertz CT molecular complexity index is 658. The first-order valence-electron chi connectivity index (χ1n) is 9.08. The molecule has 2 fully saturated rings. The molecule has 7 heteroatoms. The molecule has 1 aliphatic heterocycles. The Hall–Kier alpha value is -2.05. The molecule has 0 bridgehead atoms. The molecule has 0 unspecified atom stereocenters. The first-order valence-corrected chi connectivity index (χ1v) is 9.08. The Labute approximate surface area is 150 Å². The predicted octanol–water partition coefficient (Wildman–Crippen LogP) is 3.47. The first kappa shape index (κ1) is 18.7. The zero-order valence-electron chi connectivity index (χ0n) is 14.5. The van der Waals surface area contributed by atoms with E-state index in [-0.39, 0.29) is 18.0 Å². The van der Waals surface area contributed by atoms with Gasteiger partial charge in [-0.05, 0) is 48.9 Å². The van der Waals surface area contributed by atoms with Crippen LogP contribution in [-0.2, 0) is 11.0 Å². The molecule has 1 aromatic rings. The van der Waals surface area contributed by atoms with Crippen molar-refractivity contribution in [1.82, 2.24) is 10.2 Å². The van der Waals surface area contributed by atoms with E-state index >= 15 is 0 Å². The number of fused-ring (bicyclic) bond motifs is 1. The van der Waals surface area contributed by atoms with Crippen LogP contribution in [-0.4, -0.2) is 36.3 Å². The standard InChI is InChI=1S/C19H23F3N2O2/c20-19(21,22)16-7-5-14(6-8-16)18(26)23-11-17(25)24-10-9-13-3-1-2-4-15(13)12-24/h5-8,13,15H,1-4,9-12H2,(H,23,26)/t13-,15+/m1/s1. The number of rotatable bonds is 3. The number of alkyl halides is 3. The van der Waals surface area contributed by atoms with E-state index in [1.807, 2.05) is 0 Å². The molecule has 1 heterocycles. The Morgan fingerprint density at radius 2 is 1.69 bits per heavy atom. The number of amides is 2. The van der Waals surface area contributed by atoms with Crippen molar-refractivity contribution < 1.29 is 22.8 Å². The van der Waals surface area contributed by atoms with Gasteiger partial charge in [-0.15, -0.1) is 0 Å². The van der Waals surface area contributed by atoms with Crippen molar-refractivity contribution in [2.24, 2.45) is 11.8 Å². The van der Waals surface area contributed by atoms with E-state index in [4.69, 9.17) is 0 Å². The van der Waals surface area contributed by atoms with Crippen molar-refractivity contribution in [3.8, 4) is 0 Å². The van der Waals surface area contributed by atoms with Crippen molar-refractivity contribution >= 4 is 11.8 Å². The van der Waals surface area contributed by atoms with Crippen LogP contribution in [0, 0.1) is 11.8 Å². The van der Waals surface area contributed by atoms with Crippen LogP contribution in [0.25, 0.3) is 0 Å². The molecule has 0 radical (unpaired) electrons. The number of hydrogen-bond acceptors (Lipinski definition) is 2. The number of carbonyl (C=O) groups is 2. The molecule has 1 N–H and O–H groups in total. The quantitative estimate of drug-likeness (QED) is 0.888. The van der Waals surface area contributed by atoms with Crippen molar-refractivity contribution in [3.63, 3.8) is 0 Å². The molecular weight excluding hydrogens is 345 g/mol. The Balaban J connectivity index is 1.50. The summed E-state index contributed by atoms with van der Waals surface area (Å²) >= 11 is 0. The van der Waals surface area contributed by atoms with Gasteiger partial charge >= 0.3 is 6.18 Å². The molecular formula is C19H23F3N2O2. The average molecular weight is 368 g/mol. The van der Waals surface area contributed by atoms with Gasteiger partial charge in [0.15, 0.2) is 0 Å². The molecule has 2 aliphatic rings. The van der Waals surface area contributed by atoms with Gasteiger partial charge < -0.3 is 10.2 Å². The third kappa shape index (κ3) is 4.37. The van der Waals surface area contributed by atoms with Gasteiger partial charge in [0.05, 0.1) is 12.1 Å². The number of likely N-dealkylation sites (tertiary alicyclic amines) is 1. The lowest BCUT2D eigenvalue weighted by atomic mass is 9.75. The van der Waals surface area contributed by atoms with Crippen LogP contribution in [0.2, 0.25) is 0 Å². The summed E-state index contributed by atoms with van der Waals surface area (Å²) < 4.78 is 37.6. The fourth-order valence-corrected chi connectivity index (χ4v) is 4.01. The van der Waals surface area contributed by atoms with E-state index in [0.717, 1.165) is 56.1 Å². The maximum absolute atomic E-state index is 12.5. The van der Waals surface area contributed by atoms with Crippen molar-refractivity contribution in [2.45, 2.75) is 38.3 Å². The number of piperidine rings is 1. The second-order valence-corrected chi connectivity index (χ2v) is 7.19. The summed E-state index contributed by atoms with van der Waals surface area (Å²) in [5.41, 5.74) is -0.697. The fraction of sp³-hybridized carbons (Fsp3) is 0.579. The van der Waals surface area contributed by atoms with E-state index in [2.05, 4.69) is 5.32 Å². The summed E-state index contributed by atoms with van der Waals surface area (Å²) in [5.74, 6) is 0.607. The number of nitrogens with zero attached hydrogens (tertiary/aromatic N) is 1. The maximum Gasteiger partial charge on any atom is 0.416 e. The summed E-state index contributed by atoms with van der Waals surface area (Å²) in [7, 11) is 0. The van der Waals surface area contributed by atoms with Crippen molar-refractivity contribution in [2.75, 3.05) is 19.6 Å². The van der Waals surface area contributed by atoms with Crippen LogP contribution in [0.15, 0.2) is 24.3 Å². The summed E-state index contributed by atoms with van der Waals surface area (Å²) in [4.78, 5) is 26.2. The minimum atomic E-state index is -4.43. The molecule has 3 rings (SSSR count).